The highest BCUT2D eigenvalue weighted by Gasteiger charge is 2.18. The highest BCUT2D eigenvalue weighted by molar-refractivity contribution is 5.76. The summed E-state index contributed by atoms with van der Waals surface area (Å²) in [4.78, 5) is 24.5. The number of carbonyl (C=O) groups excluding carboxylic acids is 2. The average molecular weight is 1130 g/mol. The van der Waals surface area contributed by atoms with Crippen molar-refractivity contribution in [3.63, 3.8) is 0 Å². The number of amides is 1. The lowest BCUT2D eigenvalue weighted by Gasteiger charge is -2.20. The number of rotatable bonds is 69. The molecule has 80 heavy (non-hydrogen) atoms. The Morgan fingerprint density at radius 2 is 0.600 bits per heavy atom. The van der Waals surface area contributed by atoms with E-state index >= 15 is 0 Å². The van der Waals surface area contributed by atoms with Crippen LogP contribution < -0.4 is 5.32 Å². The molecule has 0 aromatic carbocycles. The Bertz CT molecular complexity index is 1250. The van der Waals surface area contributed by atoms with Crippen LogP contribution >= 0.6 is 0 Å². The van der Waals surface area contributed by atoms with Crippen molar-refractivity contribution in [1.82, 2.24) is 5.32 Å². The number of esters is 1. The van der Waals surface area contributed by atoms with Gasteiger partial charge in [0, 0.05) is 12.8 Å². The Morgan fingerprint density at radius 3 is 0.925 bits per heavy atom. The fourth-order valence-corrected chi connectivity index (χ4v) is 11.6. The van der Waals surface area contributed by atoms with Crippen LogP contribution in [0, 0.1) is 0 Å². The van der Waals surface area contributed by atoms with Gasteiger partial charge in [0.15, 0.2) is 0 Å². The first-order valence-corrected chi connectivity index (χ1v) is 36.6. The summed E-state index contributed by atoms with van der Waals surface area (Å²) in [7, 11) is 0. The van der Waals surface area contributed by atoms with Crippen molar-refractivity contribution in [2.45, 2.75) is 424 Å². The molecule has 0 aliphatic rings. The summed E-state index contributed by atoms with van der Waals surface area (Å²) in [5, 5.41) is 23.3. The van der Waals surface area contributed by atoms with Gasteiger partial charge < -0.3 is 20.3 Å². The molecule has 6 nitrogen and oxygen atoms in total. The van der Waals surface area contributed by atoms with E-state index in [9.17, 15) is 19.8 Å². The lowest BCUT2D eigenvalue weighted by Crippen LogP contribution is -2.45. The summed E-state index contributed by atoms with van der Waals surface area (Å²) in [6.07, 6.45) is 88.5. The van der Waals surface area contributed by atoms with Crippen molar-refractivity contribution >= 4 is 11.9 Å². The SMILES string of the molecule is CCCC/C=C\CCCCCCCC(=O)OCCCCCCCCCCCCCCCCCCCCCCCCCCCCCCCCCCC(=O)NC(CO)C(O)/C=C/CCCCCCCCCCCCCCCCCCCC. The number of hydrogen-bond donors (Lipinski definition) is 3. The van der Waals surface area contributed by atoms with E-state index in [-0.39, 0.29) is 18.5 Å². The molecule has 0 aliphatic carbocycles. The highest BCUT2D eigenvalue weighted by Crippen LogP contribution is 2.19. The van der Waals surface area contributed by atoms with Crippen molar-refractivity contribution in [1.29, 1.82) is 0 Å². The summed E-state index contributed by atoms with van der Waals surface area (Å²) in [5.74, 6) is -0.0489. The Balaban J connectivity index is 3.35. The predicted octanol–water partition coefficient (Wildman–Crippen LogP) is 23.7. The predicted molar refractivity (Wildman–Crippen MR) is 352 cm³/mol. The maximum absolute atomic E-state index is 12.5. The fraction of sp³-hybridized carbons (Fsp3) is 0.919. The third kappa shape index (κ3) is 65.5. The first-order chi connectivity index (χ1) is 39.5. The molecule has 0 saturated carbocycles. The van der Waals surface area contributed by atoms with Crippen molar-refractivity contribution in [2.24, 2.45) is 0 Å². The van der Waals surface area contributed by atoms with E-state index < -0.39 is 12.1 Å². The first-order valence-electron chi connectivity index (χ1n) is 36.6. The van der Waals surface area contributed by atoms with E-state index in [1.807, 2.05) is 6.08 Å². The molecule has 0 saturated heterocycles. The van der Waals surface area contributed by atoms with Gasteiger partial charge in [0.1, 0.15) is 0 Å². The van der Waals surface area contributed by atoms with Crippen molar-refractivity contribution in [3.8, 4) is 0 Å². The third-order valence-electron chi connectivity index (χ3n) is 17.2. The number of ether oxygens (including phenoxy) is 1. The summed E-state index contributed by atoms with van der Waals surface area (Å²) in [6, 6.07) is -0.625. The van der Waals surface area contributed by atoms with E-state index in [4.69, 9.17) is 4.74 Å². The second kappa shape index (κ2) is 69.8. The molecule has 1 amide bonds. The van der Waals surface area contributed by atoms with Gasteiger partial charge in [-0.25, -0.2) is 0 Å². The van der Waals surface area contributed by atoms with Crippen LogP contribution in [-0.2, 0) is 14.3 Å². The van der Waals surface area contributed by atoms with Gasteiger partial charge in [-0.1, -0.05) is 372 Å². The van der Waals surface area contributed by atoms with Gasteiger partial charge in [0.2, 0.25) is 5.91 Å². The first kappa shape index (κ1) is 78.3. The summed E-state index contributed by atoms with van der Waals surface area (Å²) >= 11 is 0. The molecule has 0 spiro atoms. The minimum Gasteiger partial charge on any atom is -0.466 e. The largest absolute Gasteiger partial charge is 0.466 e. The molecule has 2 unspecified atom stereocenters. The van der Waals surface area contributed by atoms with Gasteiger partial charge in [0.05, 0.1) is 25.4 Å². The monoisotopic (exact) mass is 1130 g/mol. The molecule has 6 heteroatoms. The molecule has 0 heterocycles. The Labute approximate surface area is 501 Å². The van der Waals surface area contributed by atoms with E-state index in [1.165, 1.54) is 340 Å². The third-order valence-corrected chi connectivity index (χ3v) is 17.2. The zero-order chi connectivity index (χ0) is 57.8. The zero-order valence-electron chi connectivity index (χ0n) is 54.3. The average Bonchev–Trinajstić information content (AvgIpc) is 3.46. The van der Waals surface area contributed by atoms with Gasteiger partial charge in [-0.05, 0) is 51.4 Å². The molecule has 0 aromatic heterocycles. The van der Waals surface area contributed by atoms with E-state index in [2.05, 4.69) is 31.3 Å². The molecule has 0 aliphatic heterocycles. The maximum atomic E-state index is 12.5. The summed E-state index contributed by atoms with van der Waals surface area (Å²) < 4.78 is 5.47. The van der Waals surface area contributed by atoms with Crippen molar-refractivity contribution in [2.75, 3.05) is 13.2 Å². The molecular formula is C74H143NO5. The van der Waals surface area contributed by atoms with E-state index in [0.717, 1.165) is 44.9 Å². The molecule has 0 aromatic rings. The van der Waals surface area contributed by atoms with Crippen LogP contribution in [0.3, 0.4) is 0 Å². The molecule has 0 radical (unpaired) electrons. The van der Waals surface area contributed by atoms with Crippen LogP contribution in [0.15, 0.2) is 24.3 Å². The molecule has 474 valence electrons. The van der Waals surface area contributed by atoms with Gasteiger partial charge in [-0.3, -0.25) is 9.59 Å². The molecule has 0 rings (SSSR count). The van der Waals surface area contributed by atoms with Crippen LogP contribution in [0.1, 0.15) is 412 Å². The zero-order valence-corrected chi connectivity index (χ0v) is 54.3. The molecule has 0 bridgehead atoms. The molecular weight excluding hydrogens is 983 g/mol. The maximum Gasteiger partial charge on any atom is 0.305 e. The van der Waals surface area contributed by atoms with Gasteiger partial charge in [-0.2, -0.15) is 0 Å². The van der Waals surface area contributed by atoms with Crippen LogP contribution in [0.4, 0.5) is 0 Å². The summed E-state index contributed by atoms with van der Waals surface area (Å²) in [6.45, 7) is 4.91. The number of aliphatic hydroxyl groups is 2. The number of hydrogen-bond acceptors (Lipinski definition) is 5. The van der Waals surface area contributed by atoms with Gasteiger partial charge >= 0.3 is 5.97 Å². The highest BCUT2D eigenvalue weighted by atomic mass is 16.5. The van der Waals surface area contributed by atoms with E-state index in [1.54, 1.807) is 6.08 Å². The number of allylic oxidation sites excluding steroid dienone is 3. The van der Waals surface area contributed by atoms with Crippen LogP contribution in [0.25, 0.3) is 0 Å². The van der Waals surface area contributed by atoms with Crippen molar-refractivity contribution < 1.29 is 24.5 Å². The van der Waals surface area contributed by atoms with Gasteiger partial charge in [-0.15, -0.1) is 0 Å². The smallest absolute Gasteiger partial charge is 0.305 e. The lowest BCUT2D eigenvalue weighted by molar-refractivity contribution is -0.143. The standard InChI is InChI=1S/C74H143NO5/c1-3-5-7-9-11-13-15-16-17-18-19-34-37-40-43-47-50-54-58-62-66-72(77)71(70-76)75-73(78)67-63-59-55-51-48-44-41-38-35-32-30-28-26-24-22-20-21-23-25-27-29-31-33-36-39-42-45-49-53-57-61-65-69-80-74(79)68-64-60-56-52-46-14-12-10-8-6-4-2/h10,12,62,66,71-72,76-77H,3-9,11,13-61,63-65,67-70H2,1-2H3,(H,75,78)/b12-10-,66-62+. The topological polar surface area (TPSA) is 95.9 Å². The number of aliphatic hydroxyl groups excluding tert-OH is 2. The second-order valence-electron chi connectivity index (χ2n) is 25.3. The molecule has 0 fully saturated rings. The Hall–Kier alpha value is -1.66. The number of nitrogens with one attached hydrogen (secondary N) is 1. The molecule has 3 N–H and O–H groups in total. The van der Waals surface area contributed by atoms with Crippen LogP contribution in [0.5, 0.6) is 0 Å². The summed E-state index contributed by atoms with van der Waals surface area (Å²) in [5.41, 5.74) is 0. The van der Waals surface area contributed by atoms with Crippen LogP contribution in [0.2, 0.25) is 0 Å². The Kier molecular flexibility index (Phi) is 68.4. The van der Waals surface area contributed by atoms with Crippen LogP contribution in [-0.4, -0.2) is 47.4 Å². The lowest BCUT2D eigenvalue weighted by atomic mass is 10.0. The minimum absolute atomic E-state index is 0.0104. The number of unbranched alkanes of at least 4 members (excludes halogenated alkanes) is 56. The fourth-order valence-electron chi connectivity index (χ4n) is 11.6. The van der Waals surface area contributed by atoms with Gasteiger partial charge in [0.25, 0.3) is 0 Å². The van der Waals surface area contributed by atoms with Crippen molar-refractivity contribution in [3.05, 3.63) is 24.3 Å². The molecule has 2 atom stereocenters. The minimum atomic E-state index is -0.842. The number of carbonyl (C=O) groups is 2. The van der Waals surface area contributed by atoms with E-state index in [0.29, 0.717) is 19.4 Å². The normalized spacial score (nSPS) is 12.6. The Morgan fingerprint density at radius 1 is 0.338 bits per heavy atom. The quantitative estimate of drug-likeness (QED) is 0.0320. The second-order valence-corrected chi connectivity index (χ2v) is 25.3.